The van der Waals surface area contributed by atoms with Crippen LogP contribution in [0, 0.1) is 5.82 Å². The van der Waals surface area contributed by atoms with E-state index in [1.807, 2.05) is 19.1 Å². The average Bonchev–Trinajstić information content (AvgIpc) is 2.26. The SMILES string of the molecule is CCOCCCc1ccc(CN)cc1F. The van der Waals surface area contributed by atoms with Crippen molar-refractivity contribution in [2.24, 2.45) is 5.73 Å². The minimum absolute atomic E-state index is 0.158. The molecule has 0 spiro atoms. The second-order valence-electron chi connectivity index (χ2n) is 3.43. The van der Waals surface area contributed by atoms with Gasteiger partial charge in [-0.15, -0.1) is 0 Å². The molecule has 0 amide bonds. The van der Waals surface area contributed by atoms with Gasteiger partial charge in [-0.05, 0) is 37.0 Å². The molecule has 0 fully saturated rings. The Kier molecular flexibility index (Phi) is 5.29. The van der Waals surface area contributed by atoms with Crippen molar-refractivity contribution in [1.82, 2.24) is 0 Å². The van der Waals surface area contributed by atoms with Crippen LogP contribution in [0.4, 0.5) is 4.39 Å². The summed E-state index contributed by atoms with van der Waals surface area (Å²) < 4.78 is 18.6. The summed E-state index contributed by atoms with van der Waals surface area (Å²) in [4.78, 5) is 0. The highest BCUT2D eigenvalue weighted by Crippen LogP contribution is 2.12. The van der Waals surface area contributed by atoms with E-state index in [9.17, 15) is 4.39 Å². The molecule has 0 aliphatic carbocycles. The average molecular weight is 211 g/mol. The van der Waals surface area contributed by atoms with Gasteiger partial charge in [0.25, 0.3) is 0 Å². The monoisotopic (exact) mass is 211 g/mol. The van der Waals surface area contributed by atoms with E-state index in [1.54, 1.807) is 0 Å². The molecule has 0 bridgehead atoms. The molecule has 1 rings (SSSR count). The number of benzene rings is 1. The lowest BCUT2D eigenvalue weighted by molar-refractivity contribution is 0.145. The molecule has 0 unspecified atom stereocenters. The second kappa shape index (κ2) is 6.53. The zero-order valence-corrected chi connectivity index (χ0v) is 9.13. The fourth-order valence-corrected chi connectivity index (χ4v) is 1.43. The molecule has 0 aliphatic heterocycles. The first-order chi connectivity index (χ1) is 7.27. The van der Waals surface area contributed by atoms with E-state index in [1.165, 1.54) is 6.07 Å². The Morgan fingerprint density at radius 3 is 2.80 bits per heavy atom. The molecule has 0 aliphatic rings. The molecule has 0 heterocycles. The Morgan fingerprint density at radius 2 is 2.20 bits per heavy atom. The van der Waals surface area contributed by atoms with Crippen LogP contribution in [-0.2, 0) is 17.7 Å². The molecule has 0 saturated heterocycles. The molecule has 2 N–H and O–H groups in total. The molecule has 1 aromatic rings. The fourth-order valence-electron chi connectivity index (χ4n) is 1.43. The van der Waals surface area contributed by atoms with Gasteiger partial charge in [0.2, 0.25) is 0 Å². The topological polar surface area (TPSA) is 35.2 Å². The van der Waals surface area contributed by atoms with E-state index in [4.69, 9.17) is 10.5 Å². The van der Waals surface area contributed by atoms with Crippen molar-refractivity contribution in [2.45, 2.75) is 26.3 Å². The number of hydrogen-bond acceptors (Lipinski definition) is 2. The number of nitrogens with two attached hydrogens (primary N) is 1. The van der Waals surface area contributed by atoms with Gasteiger partial charge in [0, 0.05) is 19.8 Å². The first-order valence-electron chi connectivity index (χ1n) is 5.33. The van der Waals surface area contributed by atoms with Crippen molar-refractivity contribution in [1.29, 1.82) is 0 Å². The highest BCUT2D eigenvalue weighted by atomic mass is 19.1. The summed E-state index contributed by atoms with van der Waals surface area (Å²) in [5.74, 6) is -0.158. The number of halogens is 1. The lowest BCUT2D eigenvalue weighted by Gasteiger charge is -2.05. The second-order valence-corrected chi connectivity index (χ2v) is 3.43. The van der Waals surface area contributed by atoms with Crippen LogP contribution in [0.15, 0.2) is 18.2 Å². The van der Waals surface area contributed by atoms with E-state index in [2.05, 4.69) is 0 Å². The van der Waals surface area contributed by atoms with Crippen molar-refractivity contribution in [3.63, 3.8) is 0 Å². The van der Waals surface area contributed by atoms with E-state index in [0.29, 0.717) is 19.8 Å². The Balaban J connectivity index is 2.47. The quantitative estimate of drug-likeness (QED) is 0.732. The number of rotatable bonds is 6. The highest BCUT2D eigenvalue weighted by molar-refractivity contribution is 5.24. The first kappa shape index (κ1) is 12.1. The van der Waals surface area contributed by atoms with Gasteiger partial charge in [0.15, 0.2) is 0 Å². The smallest absolute Gasteiger partial charge is 0.126 e. The van der Waals surface area contributed by atoms with Crippen molar-refractivity contribution in [3.8, 4) is 0 Å². The summed E-state index contributed by atoms with van der Waals surface area (Å²) in [5.41, 5.74) is 7.00. The predicted octanol–water partition coefficient (Wildman–Crippen LogP) is 2.25. The third-order valence-electron chi connectivity index (χ3n) is 2.29. The van der Waals surface area contributed by atoms with E-state index in [-0.39, 0.29) is 5.82 Å². The molecular formula is C12H18FNO. The largest absolute Gasteiger partial charge is 0.382 e. The van der Waals surface area contributed by atoms with Gasteiger partial charge >= 0.3 is 0 Å². The van der Waals surface area contributed by atoms with Crippen LogP contribution in [0.1, 0.15) is 24.5 Å². The molecule has 15 heavy (non-hydrogen) atoms. The molecule has 0 saturated carbocycles. The summed E-state index contributed by atoms with van der Waals surface area (Å²) in [6, 6.07) is 5.19. The van der Waals surface area contributed by atoms with Crippen LogP contribution in [0.3, 0.4) is 0 Å². The summed E-state index contributed by atoms with van der Waals surface area (Å²) in [6.07, 6.45) is 1.57. The maximum absolute atomic E-state index is 13.4. The summed E-state index contributed by atoms with van der Waals surface area (Å²) in [6.45, 7) is 3.75. The Bertz CT molecular complexity index is 302. The van der Waals surface area contributed by atoms with Crippen molar-refractivity contribution in [3.05, 3.63) is 35.1 Å². The molecule has 3 heteroatoms. The van der Waals surface area contributed by atoms with Gasteiger partial charge in [0.1, 0.15) is 5.82 Å². The highest BCUT2D eigenvalue weighted by Gasteiger charge is 2.02. The van der Waals surface area contributed by atoms with E-state index >= 15 is 0 Å². The van der Waals surface area contributed by atoms with Gasteiger partial charge in [0.05, 0.1) is 0 Å². The summed E-state index contributed by atoms with van der Waals surface area (Å²) in [7, 11) is 0. The molecule has 0 aromatic heterocycles. The Hall–Kier alpha value is -0.930. The van der Waals surface area contributed by atoms with Crippen LogP contribution in [0.25, 0.3) is 0 Å². The summed E-state index contributed by atoms with van der Waals surface area (Å²) >= 11 is 0. The van der Waals surface area contributed by atoms with E-state index < -0.39 is 0 Å². The molecule has 0 radical (unpaired) electrons. The van der Waals surface area contributed by atoms with Crippen LogP contribution in [0.5, 0.6) is 0 Å². The molecule has 84 valence electrons. The van der Waals surface area contributed by atoms with Crippen molar-refractivity contribution >= 4 is 0 Å². The number of ether oxygens (including phenoxy) is 1. The zero-order valence-electron chi connectivity index (χ0n) is 9.13. The first-order valence-corrected chi connectivity index (χ1v) is 5.33. The molecule has 0 atom stereocenters. The van der Waals surface area contributed by atoms with Gasteiger partial charge in [-0.3, -0.25) is 0 Å². The predicted molar refractivity (Wildman–Crippen MR) is 59.1 cm³/mol. The van der Waals surface area contributed by atoms with Gasteiger partial charge in [-0.25, -0.2) is 4.39 Å². The van der Waals surface area contributed by atoms with Crippen molar-refractivity contribution in [2.75, 3.05) is 13.2 Å². The maximum atomic E-state index is 13.4. The number of aryl methyl sites for hydroxylation is 1. The standard InChI is InChI=1S/C12H18FNO/c1-2-15-7-3-4-11-6-5-10(9-14)8-12(11)13/h5-6,8H,2-4,7,9,14H2,1H3. The van der Waals surface area contributed by atoms with E-state index in [0.717, 1.165) is 24.0 Å². The third-order valence-corrected chi connectivity index (χ3v) is 2.29. The van der Waals surface area contributed by atoms with Crippen LogP contribution >= 0.6 is 0 Å². The lowest BCUT2D eigenvalue weighted by atomic mass is 10.1. The Labute approximate surface area is 90.2 Å². The van der Waals surface area contributed by atoms with Crippen molar-refractivity contribution < 1.29 is 9.13 Å². The van der Waals surface area contributed by atoms with Crippen LogP contribution in [-0.4, -0.2) is 13.2 Å². The molecular weight excluding hydrogens is 193 g/mol. The summed E-state index contributed by atoms with van der Waals surface area (Å²) in [5, 5.41) is 0. The van der Waals surface area contributed by atoms with Crippen LogP contribution < -0.4 is 5.73 Å². The normalized spacial score (nSPS) is 10.6. The third kappa shape index (κ3) is 3.98. The Morgan fingerprint density at radius 1 is 1.40 bits per heavy atom. The molecule has 2 nitrogen and oxygen atoms in total. The molecule has 1 aromatic carbocycles. The fraction of sp³-hybridized carbons (Fsp3) is 0.500. The minimum Gasteiger partial charge on any atom is -0.382 e. The van der Waals surface area contributed by atoms with Gasteiger partial charge in [-0.2, -0.15) is 0 Å². The lowest BCUT2D eigenvalue weighted by Crippen LogP contribution is -2.01. The van der Waals surface area contributed by atoms with Gasteiger partial charge in [-0.1, -0.05) is 12.1 Å². The minimum atomic E-state index is -0.158. The number of hydrogen-bond donors (Lipinski definition) is 1. The zero-order chi connectivity index (χ0) is 11.1. The maximum Gasteiger partial charge on any atom is 0.126 e. The van der Waals surface area contributed by atoms with Crippen LogP contribution in [0.2, 0.25) is 0 Å². The van der Waals surface area contributed by atoms with Gasteiger partial charge < -0.3 is 10.5 Å².